The molecule has 0 bridgehead atoms. The first-order chi connectivity index (χ1) is 8.13. The molecule has 3 heteroatoms. The fourth-order valence-corrected chi connectivity index (χ4v) is 1.70. The van der Waals surface area contributed by atoms with E-state index in [2.05, 4.69) is 42.7 Å². The van der Waals surface area contributed by atoms with Gasteiger partial charge in [-0.15, -0.1) is 0 Å². The number of aryl methyl sites for hydroxylation is 3. The van der Waals surface area contributed by atoms with Gasteiger partial charge in [0.2, 0.25) is 5.91 Å². The molecule has 0 fully saturated rings. The Hall–Kier alpha value is -1.35. The van der Waals surface area contributed by atoms with Crippen molar-refractivity contribution in [3.8, 4) is 0 Å². The van der Waals surface area contributed by atoms with Crippen LogP contribution >= 0.6 is 0 Å². The SMILES string of the molecule is CNCC(=O)NCCCc1ccc(C)c(C)c1. The lowest BCUT2D eigenvalue weighted by Crippen LogP contribution is -2.32. The van der Waals surface area contributed by atoms with Gasteiger partial charge in [-0.3, -0.25) is 4.79 Å². The van der Waals surface area contributed by atoms with Crippen LogP contribution in [0.1, 0.15) is 23.1 Å². The second-order valence-electron chi connectivity index (χ2n) is 4.40. The van der Waals surface area contributed by atoms with Gasteiger partial charge in [-0.2, -0.15) is 0 Å². The maximum atomic E-state index is 11.2. The number of hydrogen-bond acceptors (Lipinski definition) is 2. The molecule has 3 nitrogen and oxygen atoms in total. The van der Waals surface area contributed by atoms with Crippen molar-refractivity contribution in [2.45, 2.75) is 26.7 Å². The Morgan fingerprint density at radius 2 is 2.00 bits per heavy atom. The molecule has 0 aliphatic heterocycles. The van der Waals surface area contributed by atoms with Crippen LogP contribution in [0.5, 0.6) is 0 Å². The highest BCUT2D eigenvalue weighted by atomic mass is 16.1. The Morgan fingerprint density at radius 3 is 2.65 bits per heavy atom. The summed E-state index contributed by atoms with van der Waals surface area (Å²) in [5, 5.41) is 5.71. The summed E-state index contributed by atoms with van der Waals surface area (Å²) in [6, 6.07) is 6.55. The van der Waals surface area contributed by atoms with Crippen molar-refractivity contribution in [1.29, 1.82) is 0 Å². The number of rotatable bonds is 6. The standard InChI is InChI=1S/C14H22N2O/c1-11-6-7-13(9-12(11)2)5-4-8-16-14(17)10-15-3/h6-7,9,15H,4-5,8,10H2,1-3H3,(H,16,17). The summed E-state index contributed by atoms with van der Waals surface area (Å²) in [7, 11) is 1.77. The van der Waals surface area contributed by atoms with E-state index in [-0.39, 0.29) is 5.91 Å². The van der Waals surface area contributed by atoms with E-state index < -0.39 is 0 Å². The van der Waals surface area contributed by atoms with Gasteiger partial charge in [-0.05, 0) is 50.4 Å². The number of benzene rings is 1. The Balaban J connectivity index is 2.26. The molecular formula is C14H22N2O. The van der Waals surface area contributed by atoms with Crippen molar-refractivity contribution in [3.63, 3.8) is 0 Å². The normalized spacial score (nSPS) is 10.3. The molecule has 2 N–H and O–H groups in total. The van der Waals surface area contributed by atoms with Crippen molar-refractivity contribution < 1.29 is 4.79 Å². The zero-order valence-electron chi connectivity index (χ0n) is 11.0. The van der Waals surface area contributed by atoms with Crippen molar-refractivity contribution in [3.05, 3.63) is 34.9 Å². The minimum Gasteiger partial charge on any atom is -0.355 e. The fourth-order valence-electron chi connectivity index (χ4n) is 1.70. The minimum absolute atomic E-state index is 0.0626. The smallest absolute Gasteiger partial charge is 0.233 e. The van der Waals surface area contributed by atoms with Crippen LogP contribution < -0.4 is 10.6 Å². The number of hydrogen-bond donors (Lipinski definition) is 2. The first-order valence-electron chi connectivity index (χ1n) is 6.11. The maximum absolute atomic E-state index is 11.2. The molecular weight excluding hydrogens is 212 g/mol. The van der Waals surface area contributed by atoms with E-state index in [1.54, 1.807) is 7.05 Å². The Bertz CT molecular complexity index is 374. The van der Waals surface area contributed by atoms with Crippen LogP contribution in [0.3, 0.4) is 0 Å². The van der Waals surface area contributed by atoms with E-state index >= 15 is 0 Å². The molecule has 0 aliphatic rings. The van der Waals surface area contributed by atoms with Crippen molar-refractivity contribution in [2.75, 3.05) is 20.1 Å². The zero-order chi connectivity index (χ0) is 12.7. The molecule has 0 unspecified atom stereocenters. The summed E-state index contributed by atoms with van der Waals surface area (Å²) in [6.45, 7) is 5.39. The van der Waals surface area contributed by atoms with E-state index in [9.17, 15) is 4.79 Å². The second-order valence-corrected chi connectivity index (χ2v) is 4.40. The molecule has 94 valence electrons. The number of nitrogens with one attached hydrogen (secondary N) is 2. The molecule has 0 saturated carbocycles. The molecule has 17 heavy (non-hydrogen) atoms. The van der Waals surface area contributed by atoms with Gasteiger partial charge in [0.25, 0.3) is 0 Å². The monoisotopic (exact) mass is 234 g/mol. The molecule has 1 aromatic carbocycles. The molecule has 1 amide bonds. The average molecular weight is 234 g/mol. The predicted molar refractivity (Wildman–Crippen MR) is 71.2 cm³/mol. The molecule has 0 radical (unpaired) electrons. The van der Waals surface area contributed by atoms with Crippen LogP contribution in [0.4, 0.5) is 0 Å². The highest BCUT2D eigenvalue weighted by Crippen LogP contribution is 2.11. The van der Waals surface area contributed by atoms with Crippen LogP contribution in [-0.2, 0) is 11.2 Å². The van der Waals surface area contributed by atoms with E-state index in [1.807, 2.05) is 0 Å². The Kier molecular flexibility index (Phi) is 5.70. The average Bonchev–Trinajstić information content (AvgIpc) is 2.29. The predicted octanol–water partition coefficient (Wildman–Crippen LogP) is 1.57. The van der Waals surface area contributed by atoms with Crippen molar-refractivity contribution in [2.24, 2.45) is 0 Å². The summed E-state index contributed by atoms with van der Waals surface area (Å²) in [4.78, 5) is 11.2. The van der Waals surface area contributed by atoms with Crippen LogP contribution in [0.25, 0.3) is 0 Å². The number of amides is 1. The highest BCUT2D eigenvalue weighted by molar-refractivity contribution is 5.77. The third kappa shape index (κ3) is 5.00. The second kappa shape index (κ2) is 7.07. The molecule has 0 aliphatic carbocycles. The van der Waals surface area contributed by atoms with Gasteiger partial charge in [0.15, 0.2) is 0 Å². The lowest BCUT2D eigenvalue weighted by Gasteiger charge is -2.06. The highest BCUT2D eigenvalue weighted by Gasteiger charge is 1.99. The molecule has 0 spiro atoms. The molecule has 1 rings (SSSR count). The topological polar surface area (TPSA) is 41.1 Å². The molecule has 1 aromatic rings. The molecule has 0 aromatic heterocycles. The first kappa shape index (κ1) is 13.7. The van der Waals surface area contributed by atoms with E-state index in [0.717, 1.165) is 19.4 Å². The van der Waals surface area contributed by atoms with Crippen molar-refractivity contribution in [1.82, 2.24) is 10.6 Å². The summed E-state index contributed by atoms with van der Waals surface area (Å²) in [5.41, 5.74) is 4.01. The summed E-state index contributed by atoms with van der Waals surface area (Å²) < 4.78 is 0. The molecule has 0 saturated heterocycles. The minimum atomic E-state index is 0.0626. The van der Waals surface area contributed by atoms with Gasteiger partial charge in [0, 0.05) is 6.54 Å². The first-order valence-corrected chi connectivity index (χ1v) is 6.11. The summed E-state index contributed by atoms with van der Waals surface area (Å²) >= 11 is 0. The maximum Gasteiger partial charge on any atom is 0.233 e. The van der Waals surface area contributed by atoms with Gasteiger partial charge >= 0.3 is 0 Å². The van der Waals surface area contributed by atoms with Crippen LogP contribution in [0.15, 0.2) is 18.2 Å². The van der Waals surface area contributed by atoms with Crippen molar-refractivity contribution >= 4 is 5.91 Å². The third-order valence-corrected chi connectivity index (χ3v) is 2.87. The van der Waals surface area contributed by atoms with E-state index in [4.69, 9.17) is 0 Å². The lowest BCUT2D eigenvalue weighted by molar-refractivity contribution is -0.120. The van der Waals surface area contributed by atoms with Gasteiger partial charge in [0.05, 0.1) is 6.54 Å². The number of carbonyl (C=O) groups excluding carboxylic acids is 1. The fraction of sp³-hybridized carbons (Fsp3) is 0.500. The van der Waals surface area contributed by atoms with Crippen LogP contribution in [0, 0.1) is 13.8 Å². The van der Waals surface area contributed by atoms with E-state index in [0.29, 0.717) is 6.54 Å². The Labute approximate surface area is 104 Å². The van der Waals surface area contributed by atoms with Gasteiger partial charge in [-0.25, -0.2) is 0 Å². The molecule has 0 heterocycles. The summed E-state index contributed by atoms with van der Waals surface area (Å²) in [5.74, 6) is 0.0626. The quantitative estimate of drug-likeness (QED) is 0.734. The van der Waals surface area contributed by atoms with E-state index in [1.165, 1.54) is 16.7 Å². The van der Waals surface area contributed by atoms with Crippen LogP contribution in [0.2, 0.25) is 0 Å². The third-order valence-electron chi connectivity index (χ3n) is 2.87. The lowest BCUT2D eigenvalue weighted by atomic mass is 10.0. The largest absolute Gasteiger partial charge is 0.355 e. The van der Waals surface area contributed by atoms with Gasteiger partial charge in [-0.1, -0.05) is 18.2 Å². The van der Waals surface area contributed by atoms with Gasteiger partial charge < -0.3 is 10.6 Å². The zero-order valence-corrected chi connectivity index (χ0v) is 11.0. The van der Waals surface area contributed by atoms with Gasteiger partial charge in [0.1, 0.15) is 0 Å². The van der Waals surface area contributed by atoms with Crippen LogP contribution in [-0.4, -0.2) is 26.0 Å². The Morgan fingerprint density at radius 1 is 1.24 bits per heavy atom. The summed E-state index contributed by atoms with van der Waals surface area (Å²) in [6.07, 6.45) is 2.00. The molecule has 0 atom stereocenters. The number of likely N-dealkylation sites (N-methyl/N-ethyl adjacent to an activating group) is 1. The number of carbonyl (C=O) groups is 1.